The van der Waals surface area contributed by atoms with Crippen molar-refractivity contribution in [1.29, 1.82) is 0 Å². The lowest BCUT2D eigenvalue weighted by molar-refractivity contribution is 0.602. The molecule has 2 saturated carbocycles. The van der Waals surface area contributed by atoms with E-state index in [9.17, 15) is 0 Å². The normalized spacial score (nSPS) is 14.1. The van der Waals surface area contributed by atoms with Gasteiger partial charge in [0.05, 0.1) is 11.4 Å². The molecule has 0 heterocycles. The van der Waals surface area contributed by atoms with Gasteiger partial charge in [-0.1, -0.05) is 193 Å². The van der Waals surface area contributed by atoms with Gasteiger partial charge in [0.1, 0.15) is 0 Å². The van der Waals surface area contributed by atoms with Crippen molar-refractivity contribution < 1.29 is 0 Å². The molecule has 2 aliphatic rings. The summed E-state index contributed by atoms with van der Waals surface area (Å²) in [6.45, 7) is 4.35. The molecular formula is C68H60N2. The Kier molecular flexibility index (Phi) is 11.8. The summed E-state index contributed by atoms with van der Waals surface area (Å²) in [5, 5.41) is 9.78. The molecule has 0 aromatic heterocycles. The van der Waals surface area contributed by atoms with Gasteiger partial charge in [-0.05, 0) is 158 Å². The Balaban J connectivity index is 1.09. The molecule has 0 unspecified atom stereocenters. The molecule has 0 spiro atoms. The maximum Gasteiger partial charge on any atom is 0.0618 e. The average Bonchev–Trinajstić information content (AvgIpc) is 3.41. The number of anilines is 6. The number of rotatable bonds is 9. The smallest absolute Gasteiger partial charge is 0.0618 e. The van der Waals surface area contributed by atoms with Crippen LogP contribution in [0.1, 0.15) is 86.5 Å². The van der Waals surface area contributed by atoms with E-state index >= 15 is 0 Å². The van der Waals surface area contributed by atoms with E-state index in [1.54, 1.807) is 11.1 Å². The van der Waals surface area contributed by atoms with Gasteiger partial charge in [-0.15, -0.1) is 0 Å². The molecule has 342 valence electrons. The zero-order valence-electron chi connectivity index (χ0n) is 40.6. The molecule has 10 aromatic carbocycles. The standard InChI is InChI=1S/C68H60N2/c1-47-29-37-53(38-30-47)69(55-41-33-51(34-42-55)45-49-17-5-3-6-18-49)67-61-25-13-9-21-57(61)65(58-22-10-14-26-62(58)67)66-59-23-11-15-27-63(59)68(64-28-16-12-24-60(64)66)70(54-39-31-48(2)32-40-54)56-43-35-52(36-44-56)46-50-19-7-4-8-20-50/h9-16,21-46H,3-8,17-20H2,1-2H3. The van der Waals surface area contributed by atoms with E-state index in [2.05, 4.69) is 230 Å². The van der Waals surface area contributed by atoms with E-state index in [0.29, 0.717) is 0 Å². The van der Waals surface area contributed by atoms with E-state index in [0.717, 1.165) is 22.7 Å². The number of hydrogen-bond acceptors (Lipinski definition) is 2. The molecule has 2 heteroatoms. The van der Waals surface area contributed by atoms with E-state index < -0.39 is 0 Å². The predicted molar refractivity (Wildman–Crippen MR) is 303 cm³/mol. The molecule has 0 saturated heterocycles. The monoisotopic (exact) mass is 904 g/mol. The van der Waals surface area contributed by atoms with Gasteiger partial charge < -0.3 is 9.80 Å². The molecule has 0 radical (unpaired) electrons. The van der Waals surface area contributed by atoms with Crippen molar-refractivity contribution in [2.75, 3.05) is 9.80 Å². The van der Waals surface area contributed by atoms with Gasteiger partial charge in [0.2, 0.25) is 0 Å². The zero-order chi connectivity index (χ0) is 47.0. The van der Waals surface area contributed by atoms with Crippen LogP contribution in [0.3, 0.4) is 0 Å². The molecule has 2 fully saturated rings. The number of fused-ring (bicyclic) bond motifs is 4. The second-order valence-corrected chi connectivity index (χ2v) is 19.9. The van der Waals surface area contributed by atoms with Crippen molar-refractivity contribution in [1.82, 2.24) is 0 Å². The topological polar surface area (TPSA) is 6.48 Å². The van der Waals surface area contributed by atoms with Crippen LogP contribution in [0.15, 0.2) is 205 Å². The lowest BCUT2D eigenvalue weighted by Crippen LogP contribution is -2.12. The summed E-state index contributed by atoms with van der Waals surface area (Å²) in [7, 11) is 0. The first-order valence-corrected chi connectivity index (χ1v) is 25.8. The average molecular weight is 905 g/mol. The van der Waals surface area contributed by atoms with E-state index in [4.69, 9.17) is 0 Å². The van der Waals surface area contributed by atoms with Gasteiger partial charge in [0.25, 0.3) is 0 Å². The fraction of sp³-hybridized carbons (Fsp3) is 0.176. The van der Waals surface area contributed by atoms with Crippen LogP contribution < -0.4 is 9.80 Å². The van der Waals surface area contributed by atoms with Crippen molar-refractivity contribution in [2.24, 2.45) is 0 Å². The molecule has 2 aliphatic carbocycles. The molecule has 0 aliphatic heterocycles. The summed E-state index contributed by atoms with van der Waals surface area (Å²) in [6, 6.07) is 73.2. The maximum atomic E-state index is 2.50. The van der Waals surface area contributed by atoms with Gasteiger partial charge in [0.15, 0.2) is 0 Å². The highest BCUT2D eigenvalue weighted by Crippen LogP contribution is 2.53. The Hall–Kier alpha value is -7.68. The van der Waals surface area contributed by atoms with Gasteiger partial charge >= 0.3 is 0 Å². The first-order chi connectivity index (χ1) is 34.6. The highest BCUT2D eigenvalue weighted by Gasteiger charge is 2.27. The first-order valence-electron chi connectivity index (χ1n) is 25.8. The van der Waals surface area contributed by atoms with Crippen LogP contribution in [0.25, 0.3) is 66.4 Å². The Labute approximate surface area is 413 Å². The lowest BCUT2D eigenvalue weighted by Gasteiger charge is -2.31. The summed E-state index contributed by atoms with van der Waals surface area (Å²) in [5.41, 5.74) is 17.7. The molecule has 0 amide bonds. The van der Waals surface area contributed by atoms with Crippen molar-refractivity contribution in [3.05, 3.63) is 228 Å². The number of hydrogen-bond donors (Lipinski definition) is 0. The number of allylic oxidation sites excluding steroid dienone is 2. The van der Waals surface area contributed by atoms with E-state index in [1.807, 2.05) is 0 Å². The number of benzene rings is 10. The minimum atomic E-state index is 1.14. The summed E-state index contributed by atoms with van der Waals surface area (Å²) >= 11 is 0. The summed E-state index contributed by atoms with van der Waals surface area (Å²) in [4.78, 5) is 5.00. The SMILES string of the molecule is Cc1ccc(N(c2ccc(C=C3CCCCC3)cc2)c2c3ccccc3c(-c3c4ccccc4c(N(c4ccc(C)cc4)c4ccc(C=C5CCCCC5)cc4)c4ccccc34)c3ccccc23)cc1. The molecule has 0 atom stereocenters. The van der Waals surface area contributed by atoms with Crippen molar-refractivity contribution in [3.8, 4) is 11.1 Å². The van der Waals surface area contributed by atoms with Gasteiger partial charge in [-0.25, -0.2) is 0 Å². The maximum absolute atomic E-state index is 2.50. The van der Waals surface area contributed by atoms with Crippen LogP contribution in [0, 0.1) is 13.8 Å². The predicted octanol–water partition coefficient (Wildman–Crippen LogP) is 20.2. The Bertz CT molecular complexity index is 3220. The van der Waals surface area contributed by atoms with Gasteiger partial charge in [-0.3, -0.25) is 0 Å². The van der Waals surface area contributed by atoms with Gasteiger partial charge in [-0.2, -0.15) is 0 Å². The molecule has 0 N–H and O–H groups in total. The van der Waals surface area contributed by atoms with Crippen molar-refractivity contribution in [2.45, 2.75) is 78.1 Å². The Morgan fingerprint density at radius 2 is 0.543 bits per heavy atom. The highest BCUT2D eigenvalue weighted by molar-refractivity contribution is 6.30. The second kappa shape index (κ2) is 19.0. The second-order valence-electron chi connectivity index (χ2n) is 19.9. The molecule has 70 heavy (non-hydrogen) atoms. The molecule has 12 rings (SSSR count). The number of nitrogens with zero attached hydrogens (tertiary/aromatic N) is 2. The van der Waals surface area contributed by atoms with Crippen LogP contribution >= 0.6 is 0 Å². The van der Waals surface area contributed by atoms with Crippen LogP contribution in [0.5, 0.6) is 0 Å². The Morgan fingerprint density at radius 1 is 0.286 bits per heavy atom. The minimum absolute atomic E-state index is 1.14. The molecular weight excluding hydrogens is 845 g/mol. The van der Waals surface area contributed by atoms with Crippen LogP contribution in [-0.2, 0) is 0 Å². The molecule has 10 aromatic rings. The fourth-order valence-electron chi connectivity index (χ4n) is 11.6. The third-order valence-electron chi connectivity index (χ3n) is 15.1. The van der Waals surface area contributed by atoms with E-state index in [1.165, 1.54) is 152 Å². The van der Waals surface area contributed by atoms with Gasteiger partial charge in [0, 0.05) is 44.3 Å². The lowest BCUT2D eigenvalue weighted by atomic mass is 9.84. The zero-order valence-corrected chi connectivity index (χ0v) is 40.6. The quantitative estimate of drug-likeness (QED) is 0.133. The van der Waals surface area contributed by atoms with Crippen LogP contribution in [0.4, 0.5) is 34.1 Å². The summed E-state index contributed by atoms with van der Waals surface area (Å²) in [6.07, 6.45) is 17.6. The van der Waals surface area contributed by atoms with Crippen molar-refractivity contribution >= 4 is 89.4 Å². The summed E-state index contributed by atoms with van der Waals surface area (Å²) in [5.74, 6) is 0. The number of aryl methyl sites for hydroxylation is 2. The molecule has 2 nitrogen and oxygen atoms in total. The third-order valence-corrected chi connectivity index (χ3v) is 15.1. The Morgan fingerprint density at radius 3 is 0.829 bits per heavy atom. The van der Waals surface area contributed by atoms with Crippen molar-refractivity contribution in [3.63, 3.8) is 0 Å². The largest absolute Gasteiger partial charge is 0.309 e. The fourth-order valence-corrected chi connectivity index (χ4v) is 11.6. The first kappa shape index (κ1) is 43.6. The van der Waals surface area contributed by atoms with Crippen LogP contribution in [-0.4, -0.2) is 0 Å². The molecule has 0 bridgehead atoms. The van der Waals surface area contributed by atoms with E-state index in [-0.39, 0.29) is 0 Å². The highest BCUT2D eigenvalue weighted by atomic mass is 15.2. The van der Waals surface area contributed by atoms with Crippen LogP contribution in [0.2, 0.25) is 0 Å². The minimum Gasteiger partial charge on any atom is -0.309 e. The summed E-state index contributed by atoms with van der Waals surface area (Å²) < 4.78 is 0. The third kappa shape index (κ3) is 8.26.